The van der Waals surface area contributed by atoms with Crippen LogP contribution >= 0.6 is 0 Å². The van der Waals surface area contributed by atoms with Gasteiger partial charge in [-0.3, -0.25) is 24.5 Å². The van der Waals surface area contributed by atoms with Crippen molar-refractivity contribution in [1.82, 2.24) is 21.3 Å². The highest BCUT2D eigenvalue weighted by molar-refractivity contribution is 5.75. The minimum atomic E-state index is -2.84. The zero-order chi connectivity index (χ0) is 29.8. The van der Waals surface area contributed by atoms with Gasteiger partial charge >= 0.3 is 23.9 Å². The van der Waals surface area contributed by atoms with Crippen molar-refractivity contribution in [2.45, 2.75) is 74.1 Å². The summed E-state index contributed by atoms with van der Waals surface area (Å²) in [5, 5.41) is 55.8. The molecule has 7 atom stereocenters. The molecule has 4 rings (SSSR count). The molecule has 0 bridgehead atoms. The molecule has 222 valence electrons. The number of aliphatic carboxylic acids is 4. The third-order valence-electron chi connectivity index (χ3n) is 5.81. The number of azide groups is 1. The highest BCUT2D eigenvalue weighted by Crippen LogP contribution is 2.24. The van der Waals surface area contributed by atoms with E-state index in [0.29, 0.717) is 25.9 Å². The lowest BCUT2D eigenvalue weighted by Crippen LogP contribution is -2.30. The van der Waals surface area contributed by atoms with Crippen LogP contribution in [0.2, 0.25) is 0 Å². The van der Waals surface area contributed by atoms with Crippen molar-refractivity contribution in [1.29, 1.82) is 0 Å². The normalized spacial score (nSPS) is 32.2. The van der Waals surface area contributed by atoms with Crippen molar-refractivity contribution in [2.24, 2.45) is 5.11 Å². The van der Waals surface area contributed by atoms with E-state index in [1.807, 2.05) is 0 Å². The summed E-state index contributed by atoms with van der Waals surface area (Å²) in [5.74, 6) is -6.79. The van der Waals surface area contributed by atoms with Crippen molar-refractivity contribution < 1.29 is 57.9 Å². The molecule has 4 fully saturated rings. The maximum Gasteiger partial charge on any atom is 0.320 e. The molecule has 0 amide bonds. The van der Waals surface area contributed by atoms with Crippen LogP contribution in [0.1, 0.15) is 25.7 Å². The zero-order valence-corrected chi connectivity index (χ0v) is 20.5. The molecule has 19 heteroatoms. The van der Waals surface area contributed by atoms with E-state index in [1.165, 1.54) is 0 Å². The van der Waals surface area contributed by atoms with Crippen LogP contribution in [0.25, 0.3) is 10.4 Å². The minimum absolute atomic E-state index is 0.106. The van der Waals surface area contributed by atoms with Crippen molar-refractivity contribution in [2.75, 3.05) is 26.2 Å². The Morgan fingerprint density at radius 3 is 1.54 bits per heavy atom. The molecule has 0 aromatic heterocycles. The van der Waals surface area contributed by atoms with Gasteiger partial charge in [-0.05, 0) is 12.0 Å². The first-order valence-electron chi connectivity index (χ1n) is 11.7. The minimum Gasteiger partial charge on any atom is -0.480 e. The predicted molar refractivity (Wildman–Crippen MR) is 125 cm³/mol. The van der Waals surface area contributed by atoms with Crippen LogP contribution < -0.4 is 21.3 Å². The van der Waals surface area contributed by atoms with E-state index in [-0.39, 0.29) is 19.0 Å². The number of halogens is 3. The van der Waals surface area contributed by atoms with Crippen molar-refractivity contribution in [3.05, 3.63) is 10.4 Å². The van der Waals surface area contributed by atoms with Gasteiger partial charge < -0.3 is 41.5 Å². The summed E-state index contributed by atoms with van der Waals surface area (Å²) in [6.45, 7) is 0.513. The Bertz CT molecular complexity index is 872. The van der Waals surface area contributed by atoms with Gasteiger partial charge in [0.15, 0.2) is 0 Å². The maximum atomic E-state index is 12.2. The number of aliphatic hydroxyl groups excluding tert-OH is 1. The van der Waals surface area contributed by atoms with E-state index < -0.39 is 79.2 Å². The van der Waals surface area contributed by atoms with E-state index >= 15 is 0 Å². The lowest BCUT2D eigenvalue weighted by atomic mass is 10.2. The average Bonchev–Trinajstić information content (AvgIpc) is 3.63. The molecule has 0 radical (unpaired) electrons. The highest BCUT2D eigenvalue weighted by Gasteiger charge is 2.42. The number of β-amino-alcohol motifs (C(OH)–C–C–N with tert-alkyl or cyclic N) is 1. The molecule has 39 heavy (non-hydrogen) atoms. The standard InChI is InChI=1S/C5H7F2NO2.C5H8FNO2.C5H8N4O2.C5H9NO3/c6-5(7)1-3(4(9)10)8-2-5;6-3-1-4(5(8)9)7-2-3;6-9-8-3-1-4(5(10)11)7-2-3;7-3-1-4(5(8)9)6-2-3/h3,8H,1-2H2,(H,9,10);3-4,7H,1-2H2,(H,8,9);3-4,7H,1-2H2,(H,10,11);3-4,6-7H,1-2H2,(H,8,9)/t3-;3*3?,4-/m0000/s1. The van der Waals surface area contributed by atoms with Gasteiger partial charge in [0.25, 0.3) is 5.92 Å². The first kappa shape index (κ1) is 33.8. The topological polar surface area (TPSA) is 266 Å². The molecule has 0 aromatic rings. The fourth-order valence-corrected chi connectivity index (χ4v) is 3.74. The van der Waals surface area contributed by atoms with E-state index in [0.717, 1.165) is 0 Å². The molecule has 16 nitrogen and oxygen atoms in total. The zero-order valence-electron chi connectivity index (χ0n) is 20.5. The van der Waals surface area contributed by atoms with Crippen LogP contribution in [0.15, 0.2) is 5.11 Å². The van der Waals surface area contributed by atoms with Crippen LogP contribution in [-0.4, -0.2) is 124 Å². The van der Waals surface area contributed by atoms with Crippen LogP contribution in [0, 0.1) is 0 Å². The fraction of sp³-hybridized carbons (Fsp3) is 0.800. The molecule has 0 saturated carbocycles. The molecule has 0 aromatic carbocycles. The second kappa shape index (κ2) is 16.0. The first-order valence-corrected chi connectivity index (χ1v) is 11.7. The van der Waals surface area contributed by atoms with Gasteiger partial charge in [0.1, 0.15) is 30.3 Å². The number of carboxylic acid groups (broad SMARTS) is 4. The third-order valence-corrected chi connectivity index (χ3v) is 5.81. The van der Waals surface area contributed by atoms with Crippen LogP contribution in [0.5, 0.6) is 0 Å². The van der Waals surface area contributed by atoms with Gasteiger partial charge in [-0.1, -0.05) is 5.11 Å². The SMILES string of the molecule is O=C(O)[C@@H]1CC(F)(F)CN1.O=C(O)[C@@H]1CC(F)CN1.O=C(O)[C@@H]1CC(O)CN1.[N-]=[N+]=NC1CN[C@H](C(=O)O)C1. The number of nitrogens with one attached hydrogen (secondary N) is 4. The van der Waals surface area contributed by atoms with Crippen molar-refractivity contribution in [3.63, 3.8) is 0 Å². The lowest BCUT2D eigenvalue weighted by molar-refractivity contribution is -0.140. The second-order valence-corrected chi connectivity index (χ2v) is 9.05. The second-order valence-electron chi connectivity index (χ2n) is 9.05. The first-order chi connectivity index (χ1) is 18.1. The Kier molecular flexibility index (Phi) is 13.9. The van der Waals surface area contributed by atoms with E-state index in [2.05, 4.69) is 31.3 Å². The summed E-state index contributed by atoms with van der Waals surface area (Å²) in [4.78, 5) is 43.3. The van der Waals surface area contributed by atoms with Crippen LogP contribution in [0.4, 0.5) is 13.2 Å². The van der Waals surface area contributed by atoms with E-state index in [4.69, 9.17) is 31.1 Å². The molecular formula is C20H32F3N7O9. The number of carbonyl (C=O) groups is 4. The fourth-order valence-electron chi connectivity index (χ4n) is 3.74. The number of nitrogens with zero attached hydrogens (tertiary/aromatic N) is 3. The molecule has 4 aliphatic rings. The largest absolute Gasteiger partial charge is 0.480 e. The van der Waals surface area contributed by atoms with Crippen molar-refractivity contribution in [3.8, 4) is 0 Å². The summed E-state index contributed by atoms with van der Waals surface area (Å²) in [6, 6.07) is -3.04. The van der Waals surface area contributed by atoms with Gasteiger partial charge in [0, 0.05) is 43.8 Å². The Balaban J connectivity index is 0.000000261. The summed E-state index contributed by atoms with van der Waals surface area (Å²) in [7, 11) is 0. The van der Waals surface area contributed by atoms with Crippen molar-refractivity contribution >= 4 is 23.9 Å². The number of hydrogen-bond donors (Lipinski definition) is 9. The smallest absolute Gasteiger partial charge is 0.320 e. The lowest BCUT2D eigenvalue weighted by Gasteiger charge is -2.03. The Hall–Kier alpha value is -3.22. The van der Waals surface area contributed by atoms with Gasteiger partial charge in [-0.2, -0.15) is 0 Å². The van der Waals surface area contributed by atoms with E-state index in [9.17, 15) is 32.3 Å². The van der Waals surface area contributed by atoms with Crippen LogP contribution in [0.3, 0.4) is 0 Å². The quantitative estimate of drug-likeness (QED) is 0.106. The molecule has 4 heterocycles. The Morgan fingerprint density at radius 1 is 0.769 bits per heavy atom. The highest BCUT2D eigenvalue weighted by atomic mass is 19.3. The molecule has 4 aliphatic heterocycles. The predicted octanol–water partition coefficient (Wildman–Crippen LogP) is -1.26. The molecule has 3 unspecified atom stereocenters. The maximum absolute atomic E-state index is 12.2. The van der Waals surface area contributed by atoms with E-state index in [1.54, 1.807) is 0 Å². The average molecular weight is 572 g/mol. The Labute approximate surface area is 219 Å². The number of rotatable bonds is 5. The molecule has 0 aliphatic carbocycles. The molecular weight excluding hydrogens is 539 g/mol. The summed E-state index contributed by atoms with van der Waals surface area (Å²) in [6.07, 6.45) is -1.23. The molecule has 0 spiro atoms. The number of alkyl halides is 3. The van der Waals surface area contributed by atoms with Gasteiger partial charge in [-0.15, -0.1) is 0 Å². The number of aliphatic hydroxyl groups is 1. The number of hydrogen-bond acceptors (Lipinski definition) is 10. The summed E-state index contributed by atoms with van der Waals surface area (Å²) < 4.78 is 36.7. The number of carboxylic acids is 4. The summed E-state index contributed by atoms with van der Waals surface area (Å²) in [5.41, 5.74) is 8.03. The van der Waals surface area contributed by atoms with Crippen LogP contribution in [-0.2, 0) is 19.2 Å². The van der Waals surface area contributed by atoms with Gasteiger partial charge in [0.2, 0.25) is 0 Å². The Morgan fingerprint density at radius 2 is 1.26 bits per heavy atom. The molecule has 4 saturated heterocycles. The monoisotopic (exact) mass is 571 g/mol. The summed E-state index contributed by atoms with van der Waals surface area (Å²) >= 11 is 0. The molecule has 9 N–H and O–H groups in total. The third kappa shape index (κ3) is 12.9. The van der Waals surface area contributed by atoms with Gasteiger partial charge in [-0.25, -0.2) is 13.2 Å². The van der Waals surface area contributed by atoms with Gasteiger partial charge in [0.05, 0.1) is 18.7 Å².